The van der Waals surface area contributed by atoms with Crippen molar-refractivity contribution in [1.29, 1.82) is 0 Å². The minimum Gasteiger partial charge on any atom is -0.344 e. The fourth-order valence-corrected chi connectivity index (χ4v) is 4.72. The third kappa shape index (κ3) is 5.21. The van der Waals surface area contributed by atoms with Crippen LogP contribution in [0.2, 0.25) is 0 Å². The maximum Gasteiger partial charge on any atom is 0.309 e. The molecule has 1 unspecified atom stereocenters. The van der Waals surface area contributed by atoms with Crippen molar-refractivity contribution < 1.29 is 18.0 Å². The highest BCUT2D eigenvalue weighted by atomic mass is 32.2. The van der Waals surface area contributed by atoms with Gasteiger partial charge in [0.2, 0.25) is 10.0 Å². The highest BCUT2D eigenvalue weighted by molar-refractivity contribution is 7.89. The molecule has 29 heavy (non-hydrogen) atoms. The Morgan fingerprint density at radius 3 is 2.21 bits per heavy atom. The van der Waals surface area contributed by atoms with Gasteiger partial charge in [0, 0.05) is 19.6 Å². The molecule has 1 aliphatic heterocycles. The van der Waals surface area contributed by atoms with Crippen LogP contribution in [-0.2, 0) is 26.2 Å². The van der Waals surface area contributed by atoms with E-state index in [1.54, 1.807) is 19.1 Å². The third-order valence-corrected chi connectivity index (χ3v) is 6.85. The van der Waals surface area contributed by atoms with E-state index in [2.05, 4.69) is 10.6 Å². The van der Waals surface area contributed by atoms with Gasteiger partial charge < -0.3 is 10.6 Å². The molecule has 0 spiro atoms. The molecular weight excluding hydrogens is 390 g/mol. The van der Waals surface area contributed by atoms with E-state index in [9.17, 15) is 18.0 Å². The molecule has 3 rings (SSSR count). The molecule has 0 aliphatic carbocycles. The topological polar surface area (TPSA) is 95.6 Å². The van der Waals surface area contributed by atoms with Crippen LogP contribution in [-0.4, -0.2) is 37.6 Å². The summed E-state index contributed by atoms with van der Waals surface area (Å²) in [6.07, 6.45) is 1.77. The number of carbonyl (C=O) groups excluding carboxylic acids is 2. The summed E-state index contributed by atoms with van der Waals surface area (Å²) in [5.74, 6) is -1.45. The number of carbonyl (C=O) groups is 2. The highest BCUT2D eigenvalue weighted by Gasteiger charge is 2.26. The smallest absolute Gasteiger partial charge is 0.309 e. The lowest BCUT2D eigenvalue weighted by molar-refractivity contribution is -0.139. The van der Waals surface area contributed by atoms with Gasteiger partial charge in [0.15, 0.2) is 0 Å². The predicted molar refractivity (Wildman–Crippen MR) is 109 cm³/mol. The van der Waals surface area contributed by atoms with Gasteiger partial charge in [0.25, 0.3) is 0 Å². The second kappa shape index (κ2) is 9.19. The molecular formula is C21H25N3O4S. The van der Waals surface area contributed by atoms with E-state index < -0.39 is 21.8 Å². The van der Waals surface area contributed by atoms with Gasteiger partial charge in [-0.1, -0.05) is 42.5 Å². The zero-order valence-corrected chi connectivity index (χ0v) is 17.1. The zero-order valence-electron chi connectivity index (χ0n) is 16.3. The molecule has 0 saturated carbocycles. The van der Waals surface area contributed by atoms with Gasteiger partial charge in [0.1, 0.15) is 0 Å². The van der Waals surface area contributed by atoms with Crippen LogP contribution in [0.25, 0.3) is 0 Å². The van der Waals surface area contributed by atoms with Crippen molar-refractivity contribution in [1.82, 2.24) is 14.9 Å². The number of benzene rings is 2. The number of nitrogens with one attached hydrogen (secondary N) is 2. The lowest BCUT2D eigenvalue weighted by Gasteiger charge is -2.16. The van der Waals surface area contributed by atoms with E-state index in [-0.39, 0.29) is 17.5 Å². The minimum atomic E-state index is -3.46. The summed E-state index contributed by atoms with van der Waals surface area (Å²) in [4.78, 5) is 24.4. The SMILES string of the molecule is CC(NC(=O)C(=O)NCc1ccc(S(=O)(=O)N2CCCC2)cc1)c1ccccc1. The number of rotatable bonds is 6. The molecule has 2 aromatic carbocycles. The first kappa shape index (κ1) is 21.0. The van der Waals surface area contributed by atoms with Crippen LogP contribution in [0.1, 0.15) is 36.9 Å². The number of hydrogen-bond donors (Lipinski definition) is 2. The highest BCUT2D eigenvalue weighted by Crippen LogP contribution is 2.21. The Morgan fingerprint density at radius 1 is 0.966 bits per heavy atom. The summed E-state index contributed by atoms with van der Waals surface area (Å²) < 4.78 is 26.5. The van der Waals surface area contributed by atoms with E-state index in [1.165, 1.54) is 16.4 Å². The second-order valence-corrected chi connectivity index (χ2v) is 8.98. The molecule has 1 atom stereocenters. The van der Waals surface area contributed by atoms with Crippen molar-refractivity contribution in [3.05, 3.63) is 65.7 Å². The minimum absolute atomic E-state index is 0.135. The van der Waals surface area contributed by atoms with Crippen molar-refractivity contribution in [2.24, 2.45) is 0 Å². The third-order valence-electron chi connectivity index (χ3n) is 4.93. The summed E-state index contributed by atoms with van der Waals surface area (Å²) in [6, 6.07) is 15.4. The molecule has 7 nitrogen and oxygen atoms in total. The van der Waals surface area contributed by atoms with Crippen LogP contribution in [0.5, 0.6) is 0 Å². The molecule has 2 aromatic rings. The van der Waals surface area contributed by atoms with Gasteiger partial charge >= 0.3 is 11.8 Å². The Bertz CT molecular complexity index is 953. The second-order valence-electron chi connectivity index (χ2n) is 7.04. The average Bonchev–Trinajstić information content (AvgIpc) is 3.28. The fraction of sp³-hybridized carbons (Fsp3) is 0.333. The van der Waals surface area contributed by atoms with Crippen molar-refractivity contribution in [3.63, 3.8) is 0 Å². The number of sulfonamides is 1. The molecule has 0 aromatic heterocycles. The summed E-state index contributed by atoms with van der Waals surface area (Å²) >= 11 is 0. The molecule has 1 fully saturated rings. The Hall–Kier alpha value is -2.71. The van der Waals surface area contributed by atoms with Crippen molar-refractivity contribution >= 4 is 21.8 Å². The normalized spacial score (nSPS) is 15.6. The Labute approximate surface area is 171 Å². The van der Waals surface area contributed by atoms with Crippen molar-refractivity contribution in [2.75, 3.05) is 13.1 Å². The van der Waals surface area contributed by atoms with E-state index in [1.807, 2.05) is 30.3 Å². The summed E-state index contributed by atoms with van der Waals surface area (Å²) in [6.45, 7) is 3.05. The Balaban J connectivity index is 1.53. The molecule has 8 heteroatoms. The van der Waals surface area contributed by atoms with E-state index in [4.69, 9.17) is 0 Å². The summed E-state index contributed by atoms with van der Waals surface area (Å²) in [7, 11) is -3.46. The molecule has 0 bridgehead atoms. The van der Waals surface area contributed by atoms with Gasteiger partial charge in [-0.15, -0.1) is 0 Å². The first-order valence-electron chi connectivity index (χ1n) is 9.60. The largest absolute Gasteiger partial charge is 0.344 e. The Morgan fingerprint density at radius 2 is 1.59 bits per heavy atom. The van der Waals surface area contributed by atoms with Crippen LogP contribution in [0.15, 0.2) is 59.5 Å². The van der Waals surface area contributed by atoms with Crippen LogP contribution < -0.4 is 10.6 Å². The molecule has 0 radical (unpaired) electrons. The van der Waals surface area contributed by atoms with Gasteiger partial charge in [-0.05, 0) is 43.0 Å². The number of nitrogens with zero attached hydrogens (tertiary/aromatic N) is 1. The van der Waals surface area contributed by atoms with Crippen LogP contribution >= 0.6 is 0 Å². The van der Waals surface area contributed by atoms with E-state index >= 15 is 0 Å². The van der Waals surface area contributed by atoms with Crippen molar-refractivity contribution in [2.45, 2.75) is 37.2 Å². The van der Waals surface area contributed by atoms with Crippen molar-refractivity contribution in [3.8, 4) is 0 Å². The van der Waals surface area contributed by atoms with Crippen LogP contribution in [0, 0.1) is 0 Å². The maximum atomic E-state index is 12.5. The predicted octanol–water partition coefficient (Wildman–Crippen LogP) is 1.96. The fourth-order valence-electron chi connectivity index (χ4n) is 3.21. The lowest BCUT2D eigenvalue weighted by Crippen LogP contribution is -2.40. The Kier molecular flexibility index (Phi) is 6.66. The van der Waals surface area contributed by atoms with Crippen LogP contribution in [0.3, 0.4) is 0 Å². The van der Waals surface area contributed by atoms with Gasteiger partial charge in [-0.2, -0.15) is 4.31 Å². The maximum absolute atomic E-state index is 12.5. The van der Waals surface area contributed by atoms with E-state index in [0.717, 1.165) is 18.4 Å². The summed E-state index contributed by atoms with van der Waals surface area (Å²) in [5.41, 5.74) is 1.62. The lowest BCUT2D eigenvalue weighted by atomic mass is 10.1. The molecule has 154 valence electrons. The first-order chi connectivity index (χ1) is 13.9. The quantitative estimate of drug-likeness (QED) is 0.705. The zero-order chi connectivity index (χ0) is 20.9. The van der Waals surface area contributed by atoms with Gasteiger partial charge in [-0.3, -0.25) is 9.59 Å². The first-order valence-corrected chi connectivity index (χ1v) is 11.0. The molecule has 2 amide bonds. The number of amides is 2. The standard InChI is InChI=1S/C21H25N3O4S/c1-16(18-7-3-2-4-8-18)23-21(26)20(25)22-15-17-9-11-19(12-10-17)29(27,28)24-13-5-6-14-24/h2-4,7-12,16H,5-6,13-15H2,1H3,(H,22,25)(H,23,26). The summed E-state index contributed by atoms with van der Waals surface area (Å²) in [5, 5.41) is 5.21. The monoisotopic (exact) mass is 415 g/mol. The molecule has 1 heterocycles. The molecule has 2 N–H and O–H groups in total. The van der Waals surface area contributed by atoms with E-state index in [0.29, 0.717) is 18.7 Å². The molecule has 1 aliphatic rings. The van der Waals surface area contributed by atoms with Gasteiger partial charge in [0.05, 0.1) is 10.9 Å². The molecule has 1 saturated heterocycles. The van der Waals surface area contributed by atoms with Gasteiger partial charge in [-0.25, -0.2) is 8.42 Å². The average molecular weight is 416 g/mol. The number of hydrogen-bond acceptors (Lipinski definition) is 4. The van der Waals surface area contributed by atoms with Crippen LogP contribution in [0.4, 0.5) is 0 Å².